The van der Waals surface area contributed by atoms with Crippen molar-refractivity contribution < 1.29 is 14.4 Å². The molecule has 1 atom stereocenters. The fourth-order valence-electron chi connectivity index (χ4n) is 3.59. The van der Waals surface area contributed by atoms with Crippen molar-refractivity contribution in [1.82, 2.24) is 0 Å². The zero-order valence-corrected chi connectivity index (χ0v) is 13.7. The molecule has 2 aliphatic rings. The predicted octanol–water partition coefficient (Wildman–Crippen LogP) is 2.66. The first-order chi connectivity index (χ1) is 12.1. The number of fused-ring (bicyclic) bond motifs is 1. The van der Waals surface area contributed by atoms with Crippen LogP contribution in [-0.2, 0) is 9.59 Å². The van der Waals surface area contributed by atoms with Crippen molar-refractivity contribution in [2.24, 2.45) is 5.92 Å². The van der Waals surface area contributed by atoms with Gasteiger partial charge in [0.05, 0.1) is 11.6 Å². The van der Waals surface area contributed by atoms with Gasteiger partial charge >= 0.3 is 0 Å². The fraction of sp³-hybridized carbons (Fsp3) is 0.250. The molecule has 0 radical (unpaired) electrons. The summed E-state index contributed by atoms with van der Waals surface area (Å²) in [7, 11) is 0. The number of benzene rings is 2. The molecular formula is C20H18N2O3. The number of anilines is 2. The predicted molar refractivity (Wildman–Crippen MR) is 94.6 cm³/mol. The lowest BCUT2D eigenvalue weighted by Crippen LogP contribution is -2.41. The molecule has 0 aromatic heterocycles. The minimum atomic E-state index is -0.381. The van der Waals surface area contributed by atoms with E-state index in [0.717, 1.165) is 5.69 Å². The quantitative estimate of drug-likeness (QED) is 0.848. The second-order valence-electron chi connectivity index (χ2n) is 6.42. The van der Waals surface area contributed by atoms with Gasteiger partial charge in [0.2, 0.25) is 11.8 Å². The molecule has 0 bridgehead atoms. The molecule has 0 spiro atoms. The van der Waals surface area contributed by atoms with E-state index < -0.39 is 0 Å². The van der Waals surface area contributed by atoms with Crippen LogP contribution in [0.1, 0.15) is 23.2 Å². The summed E-state index contributed by atoms with van der Waals surface area (Å²) in [6.07, 6.45) is 0.534. The van der Waals surface area contributed by atoms with Crippen LogP contribution in [0, 0.1) is 5.92 Å². The van der Waals surface area contributed by atoms with Crippen molar-refractivity contribution in [2.75, 3.05) is 22.9 Å². The Labute approximate surface area is 145 Å². The summed E-state index contributed by atoms with van der Waals surface area (Å²) in [6.45, 7) is 0.763. The Bertz CT molecular complexity index is 847. The van der Waals surface area contributed by atoms with Gasteiger partial charge in [0.15, 0.2) is 5.78 Å². The number of hydrogen-bond donors (Lipinski definition) is 0. The minimum absolute atomic E-state index is 0.0362. The van der Waals surface area contributed by atoms with E-state index in [1.165, 1.54) is 0 Å². The van der Waals surface area contributed by atoms with Gasteiger partial charge in [-0.25, -0.2) is 0 Å². The molecule has 2 amide bonds. The molecule has 2 aromatic carbocycles. The third-order valence-electron chi connectivity index (χ3n) is 4.87. The number of ketones is 1. The Morgan fingerprint density at radius 1 is 0.960 bits per heavy atom. The Morgan fingerprint density at radius 3 is 2.48 bits per heavy atom. The molecule has 4 rings (SSSR count). The largest absolute Gasteiger partial charge is 0.312 e. The summed E-state index contributed by atoms with van der Waals surface area (Å²) in [5.41, 5.74) is 2.07. The van der Waals surface area contributed by atoms with Crippen molar-refractivity contribution in [1.29, 1.82) is 0 Å². The number of Topliss-reactive ketones (excluding diaryl/α,β-unsaturated/α-hetero) is 1. The van der Waals surface area contributed by atoms with Gasteiger partial charge in [0, 0.05) is 37.2 Å². The average molecular weight is 334 g/mol. The first-order valence-electron chi connectivity index (χ1n) is 8.44. The highest BCUT2D eigenvalue weighted by atomic mass is 16.2. The van der Waals surface area contributed by atoms with Crippen LogP contribution in [0.5, 0.6) is 0 Å². The summed E-state index contributed by atoms with van der Waals surface area (Å²) >= 11 is 0. The van der Waals surface area contributed by atoms with Crippen LogP contribution in [-0.4, -0.2) is 30.7 Å². The summed E-state index contributed by atoms with van der Waals surface area (Å²) < 4.78 is 0. The van der Waals surface area contributed by atoms with Gasteiger partial charge in [-0.15, -0.1) is 0 Å². The van der Waals surface area contributed by atoms with E-state index >= 15 is 0 Å². The molecule has 1 unspecified atom stereocenters. The van der Waals surface area contributed by atoms with E-state index in [1.807, 2.05) is 36.4 Å². The molecule has 0 saturated carbocycles. The SMILES string of the molecule is O=C1CCN(C(=O)C2CC(=O)N(c3ccccc3)C2)c2ccccc21. The minimum Gasteiger partial charge on any atom is -0.312 e. The highest BCUT2D eigenvalue weighted by Crippen LogP contribution is 2.31. The molecule has 2 heterocycles. The number of nitrogens with zero attached hydrogens (tertiary/aromatic N) is 2. The Hall–Kier alpha value is -2.95. The van der Waals surface area contributed by atoms with Crippen LogP contribution in [0.2, 0.25) is 0 Å². The zero-order valence-electron chi connectivity index (χ0n) is 13.7. The normalized spacial score (nSPS) is 19.9. The van der Waals surface area contributed by atoms with E-state index in [4.69, 9.17) is 0 Å². The molecule has 1 saturated heterocycles. The van der Waals surface area contributed by atoms with Gasteiger partial charge in [-0.2, -0.15) is 0 Å². The molecule has 1 fully saturated rings. The summed E-state index contributed by atoms with van der Waals surface area (Å²) in [4.78, 5) is 40.8. The zero-order chi connectivity index (χ0) is 17.4. The van der Waals surface area contributed by atoms with Crippen LogP contribution >= 0.6 is 0 Å². The summed E-state index contributed by atoms with van der Waals surface area (Å²) in [5.74, 6) is -0.431. The fourth-order valence-corrected chi connectivity index (χ4v) is 3.59. The smallest absolute Gasteiger partial charge is 0.232 e. The number of para-hydroxylation sites is 2. The maximum absolute atomic E-state index is 13.0. The number of hydrogen-bond acceptors (Lipinski definition) is 3. The third-order valence-corrected chi connectivity index (χ3v) is 4.87. The van der Waals surface area contributed by atoms with Crippen molar-refractivity contribution >= 4 is 29.0 Å². The highest BCUT2D eigenvalue weighted by molar-refractivity contribution is 6.11. The maximum atomic E-state index is 13.0. The van der Waals surface area contributed by atoms with Gasteiger partial charge in [-0.3, -0.25) is 14.4 Å². The van der Waals surface area contributed by atoms with Crippen molar-refractivity contribution in [3.63, 3.8) is 0 Å². The van der Waals surface area contributed by atoms with E-state index in [0.29, 0.717) is 30.8 Å². The molecular weight excluding hydrogens is 316 g/mol. The van der Waals surface area contributed by atoms with Gasteiger partial charge in [0.25, 0.3) is 0 Å². The Morgan fingerprint density at radius 2 is 1.68 bits per heavy atom. The Kier molecular flexibility index (Phi) is 3.84. The second kappa shape index (κ2) is 6.16. The second-order valence-corrected chi connectivity index (χ2v) is 6.42. The van der Waals surface area contributed by atoms with E-state index in [1.54, 1.807) is 28.0 Å². The standard InChI is InChI=1S/C20H18N2O3/c23-18-10-11-21(17-9-5-4-8-16(17)18)20(25)14-12-19(24)22(13-14)15-6-2-1-3-7-15/h1-9,14H,10-13H2. The lowest BCUT2D eigenvalue weighted by atomic mass is 9.98. The average Bonchev–Trinajstić information content (AvgIpc) is 3.04. The van der Waals surface area contributed by atoms with Crippen molar-refractivity contribution in [3.05, 3.63) is 60.2 Å². The molecule has 0 N–H and O–H groups in total. The summed E-state index contributed by atoms with van der Waals surface area (Å²) in [6, 6.07) is 16.6. The lowest BCUT2D eigenvalue weighted by molar-refractivity contribution is -0.124. The third kappa shape index (κ3) is 2.71. The highest BCUT2D eigenvalue weighted by Gasteiger charge is 2.39. The van der Waals surface area contributed by atoms with Gasteiger partial charge < -0.3 is 9.80 Å². The van der Waals surface area contributed by atoms with Crippen LogP contribution in [0.3, 0.4) is 0 Å². The molecule has 25 heavy (non-hydrogen) atoms. The van der Waals surface area contributed by atoms with Crippen LogP contribution < -0.4 is 9.80 Å². The number of carbonyl (C=O) groups excluding carboxylic acids is 3. The Balaban J connectivity index is 1.58. The monoisotopic (exact) mass is 334 g/mol. The number of amides is 2. The van der Waals surface area contributed by atoms with Gasteiger partial charge in [-0.1, -0.05) is 30.3 Å². The van der Waals surface area contributed by atoms with E-state index in [2.05, 4.69) is 0 Å². The number of rotatable bonds is 2. The van der Waals surface area contributed by atoms with Crippen LogP contribution in [0.25, 0.3) is 0 Å². The first kappa shape index (κ1) is 15.6. The molecule has 126 valence electrons. The first-order valence-corrected chi connectivity index (χ1v) is 8.44. The van der Waals surface area contributed by atoms with Gasteiger partial charge in [-0.05, 0) is 24.3 Å². The van der Waals surface area contributed by atoms with E-state index in [9.17, 15) is 14.4 Å². The summed E-state index contributed by atoms with van der Waals surface area (Å²) in [5, 5.41) is 0. The molecule has 0 aliphatic carbocycles. The molecule has 5 heteroatoms. The number of carbonyl (C=O) groups is 3. The molecule has 2 aromatic rings. The lowest BCUT2D eigenvalue weighted by Gasteiger charge is -2.30. The topological polar surface area (TPSA) is 57.7 Å². The van der Waals surface area contributed by atoms with Crippen molar-refractivity contribution in [2.45, 2.75) is 12.8 Å². The van der Waals surface area contributed by atoms with Crippen LogP contribution in [0.15, 0.2) is 54.6 Å². The van der Waals surface area contributed by atoms with Gasteiger partial charge in [0.1, 0.15) is 0 Å². The van der Waals surface area contributed by atoms with Crippen LogP contribution in [0.4, 0.5) is 11.4 Å². The maximum Gasteiger partial charge on any atom is 0.232 e. The molecule has 2 aliphatic heterocycles. The van der Waals surface area contributed by atoms with Crippen molar-refractivity contribution in [3.8, 4) is 0 Å². The van der Waals surface area contributed by atoms with E-state index in [-0.39, 0.29) is 29.9 Å². The molecule has 5 nitrogen and oxygen atoms in total.